The number of fused-ring (bicyclic) bond motifs is 1. The van der Waals surface area contributed by atoms with Crippen molar-refractivity contribution < 1.29 is 4.79 Å². The first-order valence-electron chi connectivity index (χ1n) is 8.92. The van der Waals surface area contributed by atoms with Crippen LogP contribution < -0.4 is 5.56 Å². The zero-order valence-corrected chi connectivity index (χ0v) is 16.7. The van der Waals surface area contributed by atoms with Gasteiger partial charge in [0.1, 0.15) is 0 Å². The van der Waals surface area contributed by atoms with E-state index in [1.165, 1.54) is 6.08 Å². The Balaban J connectivity index is 1.92. The fraction of sp³-hybridized carbons (Fsp3) is 0. The standard InChI is InChI=1S/C24H15Cl2NO2/c25-17-8-4-5-15(13-17)9-12-21(28)23-22(16-6-2-1-3-7-16)19-14-18(26)10-11-20(19)27-24(23)29/h1-14H,(H,27,29). The molecule has 4 rings (SSSR count). The minimum absolute atomic E-state index is 0.0734. The number of aromatic amines is 1. The molecule has 4 aromatic rings. The van der Waals surface area contributed by atoms with Crippen LogP contribution in [0.1, 0.15) is 15.9 Å². The van der Waals surface area contributed by atoms with E-state index >= 15 is 0 Å². The highest BCUT2D eigenvalue weighted by Gasteiger charge is 2.19. The minimum atomic E-state index is -0.445. The van der Waals surface area contributed by atoms with Crippen LogP contribution in [0.2, 0.25) is 10.0 Å². The molecule has 0 aliphatic rings. The summed E-state index contributed by atoms with van der Waals surface area (Å²) in [7, 11) is 0. The molecular weight excluding hydrogens is 405 g/mol. The SMILES string of the molecule is O=C(C=Cc1cccc(Cl)c1)c1c(-c2ccccc2)c2cc(Cl)ccc2[nH]c1=O. The second-order valence-electron chi connectivity index (χ2n) is 6.51. The van der Waals surface area contributed by atoms with Crippen molar-refractivity contribution in [1.29, 1.82) is 0 Å². The Hall–Kier alpha value is -3.14. The van der Waals surface area contributed by atoms with E-state index in [2.05, 4.69) is 4.98 Å². The van der Waals surface area contributed by atoms with Crippen LogP contribution in [0.5, 0.6) is 0 Å². The lowest BCUT2D eigenvalue weighted by molar-refractivity contribution is 0.104. The number of hydrogen-bond acceptors (Lipinski definition) is 2. The molecule has 0 aliphatic carbocycles. The fourth-order valence-electron chi connectivity index (χ4n) is 3.27. The number of benzene rings is 3. The second-order valence-corrected chi connectivity index (χ2v) is 7.39. The van der Waals surface area contributed by atoms with Crippen molar-refractivity contribution in [3.05, 3.63) is 110 Å². The number of carbonyl (C=O) groups is 1. The molecule has 0 bridgehead atoms. The summed E-state index contributed by atoms with van der Waals surface area (Å²) in [6, 6.07) is 21.7. The molecule has 0 saturated heterocycles. The van der Waals surface area contributed by atoms with E-state index in [1.54, 1.807) is 42.5 Å². The van der Waals surface area contributed by atoms with Crippen molar-refractivity contribution in [3.8, 4) is 11.1 Å². The normalized spacial score (nSPS) is 11.2. The van der Waals surface area contributed by atoms with Crippen LogP contribution >= 0.6 is 23.2 Å². The van der Waals surface area contributed by atoms with Crippen molar-refractivity contribution in [1.82, 2.24) is 4.98 Å². The van der Waals surface area contributed by atoms with Gasteiger partial charge in [-0.2, -0.15) is 0 Å². The molecule has 0 radical (unpaired) electrons. The highest BCUT2D eigenvalue weighted by atomic mass is 35.5. The lowest BCUT2D eigenvalue weighted by atomic mass is 9.94. The molecule has 0 fully saturated rings. The maximum absolute atomic E-state index is 13.1. The van der Waals surface area contributed by atoms with Crippen LogP contribution in [0.3, 0.4) is 0 Å². The third-order valence-electron chi connectivity index (χ3n) is 4.56. The highest BCUT2D eigenvalue weighted by Crippen LogP contribution is 2.31. The Labute approximate surface area is 177 Å². The van der Waals surface area contributed by atoms with Crippen LogP contribution in [0.4, 0.5) is 0 Å². The number of H-pyrrole nitrogens is 1. The topological polar surface area (TPSA) is 49.9 Å². The van der Waals surface area contributed by atoms with Gasteiger partial charge >= 0.3 is 0 Å². The van der Waals surface area contributed by atoms with E-state index in [9.17, 15) is 9.59 Å². The van der Waals surface area contributed by atoms with Crippen molar-refractivity contribution >= 4 is 46.0 Å². The van der Waals surface area contributed by atoms with Gasteiger partial charge in [0.25, 0.3) is 5.56 Å². The van der Waals surface area contributed by atoms with Crippen molar-refractivity contribution in [2.24, 2.45) is 0 Å². The summed E-state index contributed by atoms with van der Waals surface area (Å²) < 4.78 is 0. The molecule has 0 spiro atoms. The first-order chi connectivity index (χ1) is 14.0. The number of aromatic nitrogens is 1. The third kappa shape index (κ3) is 4.02. The van der Waals surface area contributed by atoms with Gasteiger partial charge in [0.15, 0.2) is 5.78 Å². The lowest BCUT2D eigenvalue weighted by Gasteiger charge is -2.11. The van der Waals surface area contributed by atoms with Gasteiger partial charge in [-0.1, -0.05) is 71.7 Å². The zero-order chi connectivity index (χ0) is 20.4. The average Bonchev–Trinajstić information content (AvgIpc) is 2.72. The summed E-state index contributed by atoms with van der Waals surface area (Å²) in [5.41, 5.74) is 2.35. The lowest BCUT2D eigenvalue weighted by Crippen LogP contribution is -2.18. The third-order valence-corrected chi connectivity index (χ3v) is 5.03. The number of carbonyl (C=O) groups excluding carboxylic acids is 1. The van der Waals surface area contributed by atoms with Crippen LogP contribution in [0.25, 0.3) is 28.1 Å². The van der Waals surface area contributed by atoms with Crippen LogP contribution in [-0.4, -0.2) is 10.8 Å². The van der Waals surface area contributed by atoms with Crippen molar-refractivity contribution in [3.63, 3.8) is 0 Å². The quantitative estimate of drug-likeness (QED) is 0.307. The number of pyridine rings is 1. The Morgan fingerprint density at radius 3 is 2.38 bits per heavy atom. The van der Waals surface area contributed by atoms with Crippen LogP contribution in [0.15, 0.2) is 83.7 Å². The predicted molar refractivity (Wildman–Crippen MR) is 120 cm³/mol. The van der Waals surface area contributed by atoms with E-state index in [4.69, 9.17) is 23.2 Å². The van der Waals surface area contributed by atoms with E-state index in [-0.39, 0.29) is 5.56 Å². The smallest absolute Gasteiger partial charge is 0.260 e. The van der Waals surface area contributed by atoms with Crippen molar-refractivity contribution in [2.75, 3.05) is 0 Å². The molecule has 0 unspecified atom stereocenters. The Morgan fingerprint density at radius 2 is 1.62 bits per heavy atom. The monoisotopic (exact) mass is 419 g/mol. The number of ketones is 1. The van der Waals surface area contributed by atoms with E-state index in [1.807, 2.05) is 36.4 Å². The molecule has 5 heteroatoms. The van der Waals surface area contributed by atoms with Gasteiger partial charge in [-0.15, -0.1) is 0 Å². The van der Waals surface area contributed by atoms with Crippen molar-refractivity contribution in [2.45, 2.75) is 0 Å². The maximum Gasteiger partial charge on any atom is 0.260 e. The number of rotatable bonds is 4. The molecule has 0 saturated carbocycles. The molecule has 1 aromatic heterocycles. The number of hydrogen-bond donors (Lipinski definition) is 1. The number of halogens is 2. The minimum Gasteiger partial charge on any atom is -0.321 e. The van der Waals surface area contributed by atoms with E-state index < -0.39 is 11.3 Å². The average molecular weight is 420 g/mol. The maximum atomic E-state index is 13.1. The summed E-state index contributed by atoms with van der Waals surface area (Å²) in [4.78, 5) is 28.7. The molecule has 0 aliphatic heterocycles. The predicted octanol–water partition coefficient (Wildman–Crippen LogP) is 6.40. The van der Waals surface area contributed by atoms with E-state index in [0.717, 1.165) is 11.1 Å². The highest BCUT2D eigenvalue weighted by molar-refractivity contribution is 6.31. The molecule has 1 N–H and O–H groups in total. The van der Waals surface area contributed by atoms with Gasteiger partial charge in [-0.25, -0.2) is 0 Å². The van der Waals surface area contributed by atoms with Crippen LogP contribution in [0, 0.1) is 0 Å². The molecule has 3 nitrogen and oxygen atoms in total. The molecule has 29 heavy (non-hydrogen) atoms. The Morgan fingerprint density at radius 1 is 0.862 bits per heavy atom. The second kappa shape index (κ2) is 8.08. The molecule has 3 aromatic carbocycles. The summed E-state index contributed by atoms with van der Waals surface area (Å²) in [6.45, 7) is 0. The first-order valence-corrected chi connectivity index (χ1v) is 9.67. The van der Waals surface area contributed by atoms with Crippen LogP contribution in [-0.2, 0) is 0 Å². The first kappa shape index (κ1) is 19.2. The Kier molecular flexibility index (Phi) is 5.34. The number of nitrogens with one attached hydrogen (secondary N) is 1. The van der Waals surface area contributed by atoms with Gasteiger partial charge in [0.05, 0.1) is 5.56 Å². The zero-order valence-electron chi connectivity index (χ0n) is 15.2. The Bertz CT molecular complexity index is 1310. The molecule has 0 atom stereocenters. The summed E-state index contributed by atoms with van der Waals surface area (Å²) >= 11 is 12.2. The molecular formula is C24H15Cl2NO2. The van der Waals surface area contributed by atoms with E-state index in [0.29, 0.717) is 26.5 Å². The van der Waals surface area contributed by atoms with Gasteiger partial charge in [-0.3, -0.25) is 9.59 Å². The number of allylic oxidation sites excluding steroid dienone is 1. The van der Waals surface area contributed by atoms with Gasteiger partial charge < -0.3 is 4.98 Å². The molecule has 1 heterocycles. The van der Waals surface area contributed by atoms with Gasteiger partial charge in [-0.05, 0) is 47.5 Å². The molecule has 0 amide bonds. The molecule has 142 valence electrons. The summed E-state index contributed by atoms with van der Waals surface area (Å²) in [6.07, 6.45) is 3.03. The van der Waals surface area contributed by atoms with Gasteiger partial charge in [0, 0.05) is 26.5 Å². The fourth-order valence-corrected chi connectivity index (χ4v) is 3.64. The summed E-state index contributed by atoms with van der Waals surface area (Å²) in [5.74, 6) is -0.396. The van der Waals surface area contributed by atoms with Gasteiger partial charge in [0.2, 0.25) is 0 Å². The summed E-state index contributed by atoms with van der Waals surface area (Å²) in [5, 5.41) is 1.81. The largest absolute Gasteiger partial charge is 0.321 e.